The van der Waals surface area contributed by atoms with E-state index in [2.05, 4.69) is 48.5 Å². The van der Waals surface area contributed by atoms with Gasteiger partial charge in [0.2, 0.25) is 0 Å². The molecule has 0 bridgehead atoms. The number of carbonyl (C=O) groups excluding carboxylic acids is 1. The van der Waals surface area contributed by atoms with Gasteiger partial charge in [-0.15, -0.1) is 0 Å². The molecule has 0 heterocycles. The highest BCUT2D eigenvalue weighted by Crippen LogP contribution is 2.40. The fourth-order valence-electron chi connectivity index (χ4n) is 4.37. The van der Waals surface area contributed by atoms with E-state index in [1.807, 2.05) is 13.0 Å². The molecule has 0 unspecified atom stereocenters. The van der Waals surface area contributed by atoms with Gasteiger partial charge < -0.3 is 4.74 Å². The van der Waals surface area contributed by atoms with E-state index < -0.39 is 0 Å². The molecule has 2 heteroatoms. The zero-order valence-corrected chi connectivity index (χ0v) is 16.6. The summed E-state index contributed by atoms with van der Waals surface area (Å²) in [6, 6.07) is 19.3. The number of benzene rings is 2. The summed E-state index contributed by atoms with van der Waals surface area (Å²) in [5, 5.41) is 0. The SMILES string of the molecule is CCOC(=O)C1(CCCc2ccc(-c3ccccc3)cc2)CCCCCC1. The number of esters is 1. The highest BCUT2D eigenvalue weighted by atomic mass is 16.5. The van der Waals surface area contributed by atoms with Gasteiger partial charge in [0, 0.05) is 0 Å². The van der Waals surface area contributed by atoms with Crippen molar-refractivity contribution in [3.63, 3.8) is 0 Å². The first-order valence-corrected chi connectivity index (χ1v) is 10.6. The van der Waals surface area contributed by atoms with Crippen LogP contribution in [-0.4, -0.2) is 12.6 Å². The lowest BCUT2D eigenvalue weighted by molar-refractivity contribution is -0.157. The van der Waals surface area contributed by atoms with Crippen molar-refractivity contribution in [2.75, 3.05) is 6.61 Å². The minimum Gasteiger partial charge on any atom is -0.466 e. The van der Waals surface area contributed by atoms with Crippen molar-refractivity contribution in [2.45, 2.75) is 64.7 Å². The maximum absolute atomic E-state index is 12.7. The quantitative estimate of drug-likeness (QED) is 0.410. The first kappa shape index (κ1) is 19.7. The molecule has 1 saturated carbocycles. The summed E-state index contributed by atoms with van der Waals surface area (Å²) in [5.41, 5.74) is 3.62. The summed E-state index contributed by atoms with van der Waals surface area (Å²) in [5.74, 6) is 0.0475. The molecule has 2 nitrogen and oxygen atoms in total. The van der Waals surface area contributed by atoms with E-state index in [1.54, 1.807) is 0 Å². The van der Waals surface area contributed by atoms with Crippen molar-refractivity contribution in [1.82, 2.24) is 0 Å². The molecular weight excluding hydrogens is 332 g/mol. The Hall–Kier alpha value is -2.09. The average Bonchev–Trinajstić information content (AvgIpc) is 2.96. The number of hydrogen-bond donors (Lipinski definition) is 0. The van der Waals surface area contributed by atoms with Crippen LogP contribution < -0.4 is 0 Å². The van der Waals surface area contributed by atoms with Crippen LogP contribution in [0.1, 0.15) is 63.9 Å². The van der Waals surface area contributed by atoms with Crippen LogP contribution in [0.5, 0.6) is 0 Å². The van der Waals surface area contributed by atoms with Gasteiger partial charge in [-0.05, 0) is 55.7 Å². The lowest BCUT2D eigenvalue weighted by Gasteiger charge is -2.30. The summed E-state index contributed by atoms with van der Waals surface area (Å²) < 4.78 is 5.47. The number of rotatable bonds is 7. The molecule has 1 aliphatic carbocycles. The Labute approximate surface area is 164 Å². The van der Waals surface area contributed by atoms with E-state index in [4.69, 9.17) is 4.74 Å². The van der Waals surface area contributed by atoms with E-state index >= 15 is 0 Å². The van der Waals surface area contributed by atoms with Gasteiger partial charge in [0.25, 0.3) is 0 Å². The zero-order chi connectivity index (χ0) is 19.0. The fraction of sp³-hybridized carbons (Fsp3) is 0.480. The minimum atomic E-state index is -0.240. The molecule has 0 aliphatic heterocycles. The normalized spacial score (nSPS) is 16.5. The summed E-state index contributed by atoms with van der Waals surface area (Å²) in [6.07, 6.45) is 9.84. The van der Waals surface area contributed by atoms with Crippen LogP contribution in [0.3, 0.4) is 0 Å². The van der Waals surface area contributed by atoms with Gasteiger partial charge in [-0.2, -0.15) is 0 Å². The molecule has 1 aliphatic rings. The third-order valence-electron chi connectivity index (χ3n) is 5.95. The highest BCUT2D eigenvalue weighted by Gasteiger charge is 2.39. The third-order valence-corrected chi connectivity index (χ3v) is 5.95. The maximum Gasteiger partial charge on any atom is 0.312 e. The van der Waals surface area contributed by atoms with Crippen LogP contribution in [0, 0.1) is 5.41 Å². The Kier molecular flexibility index (Phi) is 7.09. The first-order chi connectivity index (χ1) is 13.2. The second-order valence-corrected chi connectivity index (χ2v) is 7.83. The Morgan fingerprint density at radius 2 is 1.52 bits per heavy atom. The van der Waals surface area contributed by atoms with E-state index in [1.165, 1.54) is 29.5 Å². The van der Waals surface area contributed by atoms with Gasteiger partial charge in [-0.3, -0.25) is 4.79 Å². The van der Waals surface area contributed by atoms with Crippen molar-refractivity contribution in [2.24, 2.45) is 5.41 Å². The second kappa shape index (κ2) is 9.73. The molecule has 3 rings (SSSR count). The standard InChI is InChI=1S/C25H32O2/c1-2-27-24(26)25(18-8-3-4-9-19-25)20-10-11-21-14-16-23(17-15-21)22-12-6-5-7-13-22/h5-7,12-17H,2-4,8-11,18-20H2,1H3. The van der Waals surface area contributed by atoms with Crippen LogP contribution in [0.4, 0.5) is 0 Å². The van der Waals surface area contributed by atoms with Gasteiger partial charge in [0.1, 0.15) is 0 Å². The van der Waals surface area contributed by atoms with Crippen LogP contribution in [0.25, 0.3) is 11.1 Å². The van der Waals surface area contributed by atoms with Crippen molar-refractivity contribution >= 4 is 5.97 Å². The molecule has 0 amide bonds. The van der Waals surface area contributed by atoms with Gasteiger partial charge in [0.15, 0.2) is 0 Å². The van der Waals surface area contributed by atoms with Crippen LogP contribution in [0.15, 0.2) is 54.6 Å². The molecule has 27 heavy (non-hydrogen) atoms. The van der Waals surface area contributed by atoms with Crippen LogP contribution >= 0.6 is 0 Å². The number of carbonyl (C=O) groups is 1. The van der Waals surface area contributed by atoms with Gasteiger partial charge in [0.05, 0.1) is 12.0 Å². The van der Waals surface area contributed by atoms with Crippen molar-refractivity contribution in [3.8, 4) is 11.1 Å². The summed E-state index contributed by atoms with van der Waals surface area (Å²) in [6.45, 7) is 2.40. The Morgan fingerprint density at radius 3 is 2.15 bits per heavy atom. The lowest BCUT2D eigenvalue weighted by Crippen LogP contribution is -2.33. The fourth-order valence-corrected chi connectivity index (χ4v) is 4.37. The van der Waals surface area contributed by atoms with Gasteiger partial charge in [-0.1, -0.05) is 80.3 Å². The number of aryl methyl sites for hydroxylation is 1. The molecular formula is C25H32O2. The molecule has 144 valence electrons. The summed E-state index contributed by atoms with van der Waals surface area (Å²) in [4.78, 5) is 12.7. The molecule has 0 aromatic heterocycles. The Balaban J connectivity index is 1.60. The first-order valence-electron chi connectivity index (χ1n) is 10.6. The van der Waals surface area contributed by atoms with E-state index in [0.717, 1.165) is 44.9 Å². The zero-order valence-electron chi connectivity index (χ0n) is 16.6. The monoisotopic (exact) mass is 364 g/mol. The van der Waals surface area contributed by atoms with Gasteiger partial charge in [-0.25, -0.2) is 0 Å². The number of ether oxygens (including phenoxy) is 1. The van der Waals surface area contributed by atoms with E-state index in [0.29, 0.717) is 6.61 Å². The molecule has 0 saturated heterocycles. The Bertz CT molecular complexity index is 695. The number of hydrogen-bond acceptors (Lipinski definition) is 2. The molecule has 0 spiro atoms. The highest BCUT2D eigenvalue weighted by molar-refractivity contribution is 5.76. The third kappa shape index (κ3) is 5.22. The minimum absolute atomic E-state index is 0.0475. The van der Waals surface area contributed by atoms with Gasteiger partial charge >= 0.3 is 5.97 Å². The molecule has 1 fully saturated rings. The summed E-state index contributed by atoms with van der Waals surface area (Å²) in [7, 11) is 0. The maximum atomic E-state index is 12.7. The average molecular weight is 365 g/mol. The topological polar surface area (TPSA) is 26.3 Å². The van der Waals surface area contributed by atoms with E-state index in [-0.39, 0.29) is 11.4 Å². The van der Waals surface area contributed by atoms with E-state index in [9.17, 15) is 4.79 Å². The molecule has 0 radical (unpaired) electrons. The van der Waals surface area contributed by atoms with Crippen molar-refractivity contribution in [1.29, 1.82) is 0 Å². The molecule has 2 aromatic rings. The molecule has 2 aromatic carbocycles. The van der Waals surface area contributed by atoms with Crippen molar-refractivity contribution in [3.05, 3.63) is 60.2 Å². The van der Waals surface area contributed by atoms with Crippen molar-refractivity contribution < 1.29 is 9.53 Å². The largest absolute Gasteiger partial charge is 0.466 e. The molecule has 0 N–H and O–H groups in total. The second-order valence-electron chi connectivity index (χ2n) is 7.83. The van der Waals surface area contributed by atoms with Crippen LogP contribution in [0.2, 0.25) is 0 Å². The summed E-state index contributed by atoms with van der Waals surface area (Å²) >= 11 is 0. The smallest absolute Gasteiger partial charge is 0.312 e. The molecule has 0 atom stereocenters. The predicted molar refractivity (Wildman–Crippen MR) is 112 cm³/mol. The predicted octanol–water partition coefficient (Wildman–Crippen LogP) is 6.58. The lowest BCUT2D eigenvalue weighted by atomic mass is 9.76. The Morgan fingerprint density at radius 1 is 0.889 bits per heavy atom. The van der Waals surface area contributed by atoms with Crippen LogP contribution in [-0.2, 0) is 16.0 Å².